The molecule has 0 aliphatic rings. The van der Waals surface area contributed by atoms with Crippen LogP contribution in [0.1, 0.15) is 65.2 Å². The van der Waals surface area contributed by atoms with Crippen LogP contribution in [0.5, 0.6) is 0 Å². The highest BCUT2D eigenvalue weighted by atomic mass is 16.5. The van der Waals surface area contributed by atoms with Crippen LogP contribution in [-0.2, 0) is 9.53 Å². The number of hydrogen-bond acceptors (Lipinski definition) is 2. The summed E-state index contributed by atoms with van der Waals surface area (Å²) in [7, 11) is 0. The number of carbonyl (C=O) groups excluding carboxylic acids is 1. The van der Waals surface area contributed by atoms with Crippen molar-refractivity contribution in [1.82, 2.24) is 0 Å². The van der Waals surface area contributed by atoms with E-state index in [1.807, 2.05) is 0 Å². The first-order chi connectivity index (χ1) is 7.16. The summed E-state index contributed by atoms with van der Waals surface area (Å²) in [4.78, 5) is 11.1. The Labute approximate surface area is 93.7 Å². The van der Waals surface area contributed by atoms with Gasteiger partial charge in [-0.15, -0.1) is 0 Å². The van der Waals surface area contributed by atoms with Crippen LogP contribution in [0.3, 0.4) is 0 Å². The minimum atomic E-state index is -0.143. The molecule has 0 radical (unpaired) electrons. The number of rotatable bonds is 9. The maximum Gasteiger partial charge on any atom is 0.310 e. The van der Waals surface area contributed by atoms with Crippen molar-refractivity contribution >= 4 is 5.97 Å². The lowest BCUT2D eigenvalue weighted by atomic mass is 10.1. The van der Waals surface area contributed by atoms with Gasteiger partial charge in [0.1, 0.15) is 0 Å². The first kappa shape index (κ1) is 14.2. The highest BCUT2D eigenvalue weighted by molar-refractivity contribution is 5.70. The molecule has 0 aromatic rings. The largest absolute Gasteiger partial charge is 0.432 e. The molecule has 2 heteroatoms. The maximum atomic E-state index is 11.1. The fraction of sp³-hybridized carbons (Fsp3) is 0.769. The van der Waals surface area contributed by atoms with E-state index in [1.54, 1.807) is 6.92 Å². The summed E-state index contributed by atoms with van der Waals surface area (Å²) in [5.41, 5.74) is 0. The van der Waals surface area contributed by atoms with E-state index >= 15 is 0 Å². The fourth-order valence-corrected chi connectivity index (χ4v) is 1.47. The quantitative estimate of drug-likeness (QED) is 0.325. The van der Waals surface area contributed by atoms with Crippen molar-refractivity contribution in [3.63, 3.8) is 0 Å². The normalized spacial score (nSPS) is 10.0. The van der Waals surface area contributed by atoms with Gasteiger partial charge >= 0.3 is 5.97 Å². The zero-order valence-electron chi connectivity index (χ0n) is 10.2. The molecule has 0 heterocycles. The SMILES string of the molecule is C=C(C)OC(=O)CCCCCCCCC. The fourth-order valence-electron chi connectivity index (χ4n) is 1.47. The molecule has 0 aliphatic carbocycles. The van der Waals surface area contributed by atoms with E-state index in [9.17, 15) is 4.79 Å². The average molecular weight is 212 g/mol. The number of hydrogen-bond donors (Lipinski definition) is 0. The molecule has 88 valence electrons. The average Bonchev–Trinajstić information content (AvgIpc) is 2.15. The molecule has 0 saturated carbocycles. The minimum Gasteiger partial charge on any atom is -0.432 e. The second-order valence-corrected chi connectivity index (χ2v) is 4.05. The van der Waals surface area contributed by atoms with Crippen LogP contribution in [-0.4, -0.2) is 5.97 Å². The molecule has 0 aromatic carbocycles. The van der Waals surface area contributed by atoms with Crippen LogP contribution in [0, 0.1) is 0 Å². The Kier molecular flexibility index (Phi) is 9.24. The van der Waals surface area contributed by atoms with Crippen LogP contribution in [0.4, 0.5) is 0 Å². The van der Waals surface area contributed by atoms with Crippen LogP contribution in [0.15, 0.2) is 12.3 Å². The summed E-state index contributed by atoms with van der Waals surface area (Å²) >= 11 is 0. The lowest BCUT2D eigenvalue weighted by Gasteiger charge is -2.03. The topological polar surface area (TPSA) is 26.3 Å². The molecule has 0 saturated heterocycles. The lowest BCUT2D eigenvalue weighted by Crippen LogP contribution is -2.01. The van der Waals surface area contributed by atoms with Gasteiger partial charge in [0.05, 0.1) is 5.76 Å². The predicted octanol–water partition coefficient (Wildman–Crippen LogP) is 4.20. The molecular weight excluding hydrogens is 188 g/mol. The van der Waals surface area contributed by atoms with Gasteiger partial charge in [-0.1, -0.05) is 52.0 Å². The van der Waals surface area contributed by atoms with Crippen molar-refractivity contribution in [3.8, 4) is 0 Å². The zero-order valence-corrected chi connectivity index (χ0v) is 10.2. The van der Waals surface area contributed by atoms with Crippen molar-refractivity contribution < 1.29 is 9.53 Å². The van der Waals surface area contributed by atoms with Gasteiger partial charge in [-0.2, -0.15) is 0 Å². The molecule has 2 nitrogen and oxygen atoms in total. The molecule has 0 bridgehead atoms. The van der Waals surface area contributed by atoms with Crippen molar-refractivity contribution in [2.45, 2.75) is 65.2 Å². The number of ether oxygens (including phenoxy) is 1. The van der Waals surface area contributed by atoms with Crippen LogP contribution < -0.4 is 0 Å². The van der Waals surface area contributed by atoms with Crippen molar-refractivity contribution in [3.05, 3.63) is 12.3 Å². The Morgan fingerprint density at radius 3 is 2.13 bits per heavy atom. The van der Waals surface area contributed by atoms with Gasteiger partial charge in [0.2, 0.25) is 0 Å². The smallest absolute Gasteiger partial charge is 0.310 e. The molecule has 0 aromatic heterocycles. The Morgan fingerprint density at radius 1 is 1.07 bits per heavy atom. The Hall–Kier alpha value is -0.790. The molecule has 0 rings (SSSR count). The van der Waals surface area contributed by atoms with E-state index in [4.69, 9.17) is 4.74 Å². The molecule has 0 fully saturated rings. The van der Waals surface area contributed by atoms with Gasteiger partial charge in [-0.3, -0.25) is 4.79 Å². The van der Waals surface area contributed by atoms with Crippen molar-refractivity contribution in [2.75, 3.05) is 0 Å². The first-order valence-electron chi connectivity index (χ1n) is 6.03. The van der Waals surface area contributed by atoms with E-state index in [1.165, 1.54) is 32.1 Å². The van der Waals surface area contributed by atoms with Gasteiger partial charge < -0.3 is 4.74 Å². The van der Waals surface area contributed by atoms with Crippen LogP contribution in [0.2, 0.25) is 0 Å². The van der Waals surface area contributed by atoms with Crippen molar-refractivity contribution in [1.29, 1.82) is 0 Å². The summed E-state index contributed by atoms with van der Waals surface area (Å²) in [6.07, 6.45) is 9.08. The van der Waals surface area contributed by atoms with Gasteiger partial charge in [0.15, 0.2) is 0 Å². The molecule has 0 aliphatic heterocycles. The minimum absolute atomic E-state index is 0.143. The highest BCUT2D eigenvalue weighted by Gasteiger charge is 2.02. The summed E-state index contributed by atoms with van der Waals surface area (Å²) in [6, 6.07) is 0. The Balaban J connectivity index is 3.16. The highest BCUT2D eigenvalue weighted by Crippen LogP contribution is 2.09. The molecule has 15 heavy (non-hydrogen) atoms. The van der Waals surface area contributed by atoms with E-state index < -0.39 is 0 Å². The summed E-state index contributed by atoms with van der Waals surface area (Å²) in [5.74, 6) is 0.346. The van der Waals surface area contributed by atoms with Crippen molar-refractivity contribution in [2.24, 2.45) is 0 Å². The van der Waals surface area contributed by atoms with Crippen LogP contribution >= 0.6 is 0 Å². The third-order valence-corrected chi connectivity index (χ3v) is 2.27. The molecule has 0 atom stereocenters. The number of esters is 1. The number of allylic oxidation sites excluding steroid dienone is 1. The monoisotopic (exact) mass is 212 g/mol. The standard InChI is InChI=1S/C13H24O2/c1-4-5-6-7-8-9-10-11-13(14)15-12(2)3/h2,4-11H2,1,3H3. The maximum absolute atomic E-state index is 11.1. The lowest BCUT2D eigenvalue weighted by molar-refractivity contribution is -0.139. The molecule has 0 spiro atoms. The van der Waals surface area contributed by atoms with E-state index in [2.05, 4.69) is 13.5 Å². The van der Waals surface area contributed by atoms with Gasteiger partial charge in [-0.25, -0.2) is 0 Å². The number of carbonyl (C=O) groups is 1. The third kappa shape index (κ3) is 11.1. The van der Waals surface area contributed by atoms with Gasteiger partial charge in [-0.05, 0) is 13.3 Å². The second kappa shape index (κ2) is 9.75. The van der Waals surface area contributed by atoms with Crippen LogP contribution in [0.25, 0.3) is 0 Å². The summed E-state index contributed by atoms with van der Waals surface area (Å²) in [6.45, 7) is 7.44. The molecule has 0 amide bonds. The molecule has 0 N–H and O–H groups in total. The first-order valence-corrected chi connectivity index (χ1v) is 6.03. The van der Waals surface area contributed by atoms with E-state index in [-0.39, 0.29) is 5.97 Å². The van der Waals surface area contributed by atoms with E-state index in [0.29, 0.717) is 12.2 Å². The molecular formula is C13H24O2. The second-order valence-electron chi connectivity index (χ2n) is 4.05. The van der Waals surface area contributed by atoms with Gasteiger partial charge in [0.25, 0.3) is 0 Å². The Bertz CT molecular complexity index is 185. The third-order valence-electron chi connectivity index (χ3n) is 2.27. The predicted molar refractivity (Wildman–Crippen MR) is 63.5 cm³/mol. The summed E-state index contributed by atoms with van der Waals surface area (Å²) < 4.78 is 4.86. The molecule has 0 unspecified atom stereocenters. The van der Waals surface area contributed by atoms with Gasteiger partial charge in [0, 0.05) is 6.42 Å². The van der Waals surface area contributed by atoms with E-state index in [0.717, 1.165) is 12.8 Å². The number of unbranched alkanes of at least 4 members (excludes halogenated alkanes) is 6. The summed E-state index contributed by atoms with van der Waals surface area (Å²) in [5, 5.41) is 0. The Morgan fingerprint density at radius 2 is 1.60 bits per heavy atom. The zero-order chi connectivity index (χ0) is 11.5.